The van der Waals surface area contributed by atoms with Crippen molar-refractivity contribution >= 4 is 29.1 Å². The molecule has 102 valence electrons. The lowest BCUT2D eigenvalue weighted by Crippen LogP contribution is -2.18. The van der Waals surface area contributed by atoms with Crippen molar-refractivity contribution in [1.29, 1.82) is 0 Å². The fourth-order valence-corrected chi connectivity index (χ4v) is 1.91. The van der Waals surface area contributed by atoms with E-state index in [0.717, 1.165) is 0 Å². The molecule has 2 rings (SSSR count). The number of carbonyl (C=O) groups is 2. The molecule has 0 atom stereocenters. The molecule has 0 unspecified atom stereocenters. The maximum atomic E-state index is 12.1. The number of carbonyl (C=O) groups excluding carboxylic acids is 2. The Bertz CT molecular complexity index is 658. The predicted octanol–water partition coefficient (Wildman–Crippen LogP) is 2.02. The summed E-state index contributed by atoms with van der Waals surface area (Å²) >= 11 is 5.93. The van der Waals surface area contributed by atoms with Crippen LogP contribution in [-0.4, -0.2) is 16.8 Å². The molecule has 1 heterocycles. The summed E-state index contributed by atoms with van der Waals surface area (Å²) in [5.41, 5.74) is 6.61. The molecule has 0 bridgehead atoms. The quantitative estimate of drug-likeness (QED) is 0.903. The lowest BCUT2D eigenvalue weighted by molar-refractivity contribution is -0.117. The number of para-hydroxylation sites is 1. The summed E-state index contributed by atoms with van der Waals surface area (Å²) in [6.07, 6.45) is 2.94. The molecule has 2 amide bonds. The van der Waals surface area contributed by atoms with Gasteiger partial charge < -0.3 is 11.1 Å². The van der Waals surface area contributed by atoms with Gasteiger partial charge >= 0.3 is 0 Å². The molecule has 20 heavy (non-hydrogen) atoms. The average molecular weight is 290 g/mol. The largest absolute Gasteiger partial charge is 0.369 e. The number of primary amides is 1. The van der Waals surface area contributed by atoms with E-state index in [9.17, 15) is 9.59 Å². The topological polar surface area (TPSA) is 85.1 Å². The Morgan fingerprint density at radius 1 is 1.25 bits per heavy atom. The zero-order valence-electron chi connectivity index (χ0n) is 10.5. The van der Waals surface area contributed by atoms with Crippen LogP contribution in [0.3, 0.4) is 0 Å². The molecule has 6 heteroatoms. The molecule has 0 aliphatic carbocycles. The van der Waals surface area contributed by atoms with E-state index in [2.05, 4.69) is 10.3 Å². The molecule has 0 saturated heterocycles. The summed E-state index contributed by atoms with van der Waals surface area (Å²) in [6, 6.07) is 8.48. The van der Waals surface area contributed by atoms with Crippen LogP contribution in [0.4, 0.5) is 5.69 Å². The standard InChI is InChI=1S/C14H12ClN3O2/c15-11-5-6-17-8-10(11)14(20)18-12-4-2-1-3-9(12)7-13(16)19/h1-6,8H,7H2,(H2,16,19)(H,18,20). The molecule has 3 N–H and O–H groups in total. The summed E-state index contributed by atoms with van der Waals surface area (Å²) in [4.78, 5) is 27.0. The molecular formula is C14H12ClN3O2. The highest BCUT2D eigenvalue weighted by molar-refractivity contribution is 6.34. The van der Waals surface area contributed by atoms with Gasteiger partial charge in [-0.15, -0.1) is 0 Å². The summed E-state index contributed by atoms with van der Waals surface area (Å²) in [7, 11) is 0. The van der Waals surface area contributed by atoms with Gasteiger partial charge in [0.05, 0.1) is 17.0 Å². The number of halogens is 1. The van der Waals surface area contributed by atoms with Crippen LogP contribution in [-0.2, 0) is 11.2 Å². The van der Waals surface area contributed by atoms with Crippen molar-refractivity contribution in [3.63, 3.8) is 0 Å². The van der Waals surface area contributed by atoms with Gasteiger partial charge in [-0.05, 0) is 17.7 Å². The smallest absolute Gasteiger partial charge is 0.258 e. The van der Waals surface area contributed by atoms with Crippen molar-refractivity contribution in [1.82, 2.24) is 4.98 Å². The number of rotatable bonds is 4. The van der Waals surface area contributed by atoms with Crippen molar-refractivity contribution in [2.24, 2.45) is 5.73 Å². The monoisotopic (exact) mass is 289 g/mol. The third-order valence-corrected chi connectivity index (χ3v) is 2.97. The minimum absolute atomic E-state index is 0.0528. The molecule has 0 aliphatic heterocycles. The Morgan fingerprint density at radius 2 is 2.00 bits per heavy atom. The van der Waals surface area contributed by atoms with Gasteiger partial charge in [0.15, 0.2) is 0 Å². The Balaban J connectivity index is 2.24. The van der Waals surface area contributed by atoms with Gasteiger partial charge in [-0.3, -0.25) is 14.6 Å². The minimum Gasteiger partial charge on any atom is -0.369 e. The molecule has 0 aliphatic rings. The van der Waals surface area contributed by atoms with Gasteiger partial charge in [0.1, 0.15) is 0 Å². The molecule has 1 aromatic heterocycles. The summed E-state index contributed by atoms with van der Waals surface area (Å²) < 4.78 is 0. The molecule has 0 saturated carbocycles. The highest BCUT2D eigenvalue weighted by atomic mass is 35.5. The maximum absolute atomic E-state index is 12.1. The van der Waals surface area contributed by atoms with Gasteiger partial charge in [0, 0.05) is 18.1 Å². The minimum atomic E-state index is -0.467. The summed E-state index contributed by atoms with van der Waals surface area (Å²) in [5.74, 6) is -0.855. The normalized spacial score (nSPS) is 10.1. The third kappa shape index (κ3) is 3.33. The molecule has 0 spiro atoms. The number of benzene rings is 1. The molecule has 0 radical (unpaired) electrons. The molecule has 5 nitrogen and oxygen atoms in total. The van der Waals surface area contributed by atoms with E-state index < -0.39 is 5.91 Å². The van der Waals surface area contributed by atoms with Crippen LogP contribution in [0.25, 0.3) is 0 Å². The number of anilines is 1. The Morgan fingerprint density at radius 3 is 2.70 bits per heavy atom. The maximum Gasteiger partial charge on any atom is 0.258 e. The highest BCUT2D eigenvalue weighted by Gasteiger charge is 2.13. The predicted molar refractivity (Wildman–Crippen MR) is 76.5 cm³/mol. The second-order valence-corrected chi connectivity index (χ2v) is 4.52. The van der Waals surface area contributed by atoms with Crippen LogP contribution >= 0.6 is 11.6 Å². The average Bonchev–Trinajstić information content (AvgIpc) is 2.41. The van der Waals surface area contributed by atoms with E-state index >= 15 is 0 Å². The molecule has 0 fully saturated rings. The van der Waals surface area contributed by atoms with Gasteiger partial charge in [-0.1, -0.05) is 29.8 Å². The van der Waals surface area contributed by atoms with Crippen molar-refractivity contribution in [2.45, 2.75) is 6.42 Å². The Kier molecular flexibility index (Phi) is 4.32. The fourth-order valence-electron chi connectivity index (χ4n) is 1.72. The number of hydrogen-bond donors (Lipinski definition) is 2. The van der Waals surface area contributed by atoms with Gasteiger partial charge in [0.2, 0.25) is 5.91 Å². The van der Waals surface area contributed by atoms with Crippen molar-refractivity contribution in [2.75, 3.05) is 5.32 Å². The van der Waals surface area contributed by atoms with E-state index in [0.29, 0.717) is 16.3 Å². The van der Waals surface area contributed by atoms with Crippen LogP contribution < -0.4 is 11.1 Å². The first-order chi connectivity index (χ1) is 9.58. The molecule has 2 aromatic rings. The van der Waals surface area contributed by atoms with Crippen LogP contribution in [0.1, 0.15) is 15.9 Å². The van der Waals surface area contributed by atoms with Crippen molar-refractivity contribution in [3.8, 4) is 0 Å². The number of amides is 2. The zero-order valence-corrected chi connectivity index (χ0v) is 11.2. The van der Waals surface area contributed by atoms with Crippen LogP contribution in [0, 0.1) is 0 Å². The second-order valence-electron chi connectivity index (χ2n) is 4.11. The first kappa shape index (κ1) is 14.0. The number of nitrogens with one attached hydrogen (secondary N) is 1. The number of pyridine rings is 1. The number of nitrogens with two attached hydrogens (primary N) is 1. The van der Waals surface area contributed by atoms with E-state index in [4.69, 9.17) is 17.3 Å². The van der Waals surface area contributed by atoms with Crippen molar-refractivity contribution in [3.05, 3.63) is 58.9 Å². The van der Waals surface area contributed by atoms with Crippen molar-refractivity contribution < 1.29 is 9.59 Å². The zero-order chi connectivity index (χ0) is 14.5. The molecular weight excluding hydrogens is 278 g/mol. The summed E-state index contributed by atoms with van der Waals surface area (Å²) in [6.45, 7) is 0. The first-order valence-electron chi connectivity index (χ1n) is 5.85. The SMILES string of the molecule is NC(=O)Cc1ccccc1NC(=O)c1cnccc1Cl. The van der Waals surface area contributed by atoms with Gasteiger partial charge in [0.25, 0.3) is 5.91 Å². The Hall–Kier alpha value is -2.40. The van der Waals surface area contributed by atoms with E-state index in [-0.39, 0.29) is 17.9 Å². The number of nitrogens with zero attached hydrogens (tertiary/aromatic N) is 1. The first-order valence-corrected chi connectivity index (χ1v) is 6.23. The van der Waals surface area contributed by atoms with Gasteiger partial charge in [-0.25, -0.2) is 0 Å². The highest BCUT2D eigenvalue weighted by Crippen LogP contribution is 2.19. The third-order valence-electron chi connectivity index (χ3n) is 2.64. The lowest BCUT2D eigenvalue weighted by Gasteiger charge is -2.10. The van der Waals surface area contributed by atoms with Gasteiger partial charge in [-0.2, -0.15) is 0 Å². The van der Waals surface area contributed by atoms with Crippen LogP contribution in [0.15, 0.2) is 42.7 Å². The van der Waals surface area contributed by atoms with Crippen LogP contribution in [0.5, 0.6) is 0 Å². The number of hydrogen-bond acceptors (Lipinski definition) is 3. The van der Waals surface area contributed by atoms with E-state index in [1.165, 1.54) is 18.5 Å². The Labute approximate surface area is 120 Å². The lowest BCUT2D eigenvalue weighted by atomic mass is 10.1. The number of aromatic nitrogens is 1. The summed E-state index contributed by atoms with van der Waals surface area (Å²) in [5, 5.41) is 3.01. The fraction of sp³-hybridized carbons (Fsp3) is 0.0714. The van der Waals surface area contributed by atoms with Crippen LogP contribution in [0.2, 0.25) is 5.02 Å². The van der Waals surface area contributed by atoms with E-state index in [1.807, 2.05) is 0 Å². The second kappa shape index (κ2) is 6.16. The van der Waals surface area contributed by atoms with E-state index in [1.54, 1.807) is 24.3 Å². The molecule has 1 aromatic carbocycles.